The lowest BCUT2D eigenvalue weighted by Crippen LogP contribution is -2.62. The number of aryl methyl sites for hydroxylation is 1. The molecule has 4 rings (SSSR count). The van der Waals surface area contributed by atoms with Crippen LogP contribution < -0.4 is 14.8 Å². The van der Waals surface area contributed by atoms with Gasteiger partial charge in [0.25, 0.3) is 0 Å². The Labute approximate surface area is 113 Å². The molecule has 0 radical (unpaired) electrons. The van der Waals surface area contributed by atoms with E-state index in [1.165, 1.54) is 11.1 Å². The van der Waals surface area contributed by atoms with E-state index in [0.29, 0.717) is 19.1 Å². The average Bonchev–Trinajstić information content (AvgIpc) is 2.31. The monoisotopic (exact) mass is 261 g/mol. The van der Waals surface area contributed by atoms with Gasteiger partial charge in [-0.25, -0.2) is 0 Å². The van der Waals surface area contributed by atoms with Gasteiger partial charge in [0.2, 0.25) is 0 Å². The van der Waals surface area contributed by atoms with Crippen LogP contribution in [-0.4, -0.2) is 39.5 Å². The number of ether oxygens (including phenoxy) is 3. The number of benzene rings is 1. The Morgan fingerprint density at radius 3 is 2.32 bits per heavy atom. The Bertz CT molecular complexity index is 506. The first-order valence-electron chi connectivity index (χ1n) is 6.99. The van der Waals surface area contributed by atoms with Gasteiger partial charge in [-0.2, -0.15) is 0 Å². The van der Waals surface area contributed by atoms with E-state index >= 15 is 0 Å². The standard InChI is InChI=1S/C15H19NO3/c1-10-4-13-14(19-3-2-18-13)5-12(10)15(8-17-9-15)11-6-16-7-11/h4-5,11,16H,2-3,6-9H2,1H3. The van der Waals surface area contributed by atoms with Crippen LogP contribution in [0.5, 0.6) is 11.5 Å². The number of fused-ring (bicyclic) bond motifs is 1. The zero-order valence-corrected chi connectivity index (χ0v) is 11.2. The molecule has 1 aromatic carbocycles. The number of nitrogens with one attached hydrogen (secondary N) is 1. The Morgan fingerprint density at radius 2 is 1.79 bits per heavy atom. The summed E-state index contributed by atoms with van der Waals surface area (Å²) >= 11 is 0. The zero-order chi connectivity index (χ0) is 12.9. The maximum Gasteiger partial charge on any atom is 0.161 e. The molecule has 4 nitrogen and oxygen atoms in total. The van der Waals surface area contributed by atoms with Gasteiger partial charge < -0.3 is 19.5 Å². The summed E-state index contributed by atoms with van der Waals surface area (Å²) in [4.78, 5) is 0. The van der Waals surface area contributed by atoms with Gasteiger partial charge >= 0.3 is 0 Å². The van der Waals surface area contributed by atoms with Crippen LogP contribution >= 0.6 is 0 Å². The normalized spacial score (nSPS) is 24.5. The molecule has 3 aliphatic rings. The zero-order valence-electron chi connectivity index (χ0n) is 11.2. The van der Waals surface area contributed by atoms with Gasteiger partial charge in [-0.15, -0.1) is 0 Å². The van der Waals surface area contributed by atoms with Crippen molar-refractivity contribution in [1.29, 1.82) is 0 Å². The van der Waals surface area contributed by atoms with Crippen molar-refractivity contribution in [2.45, 2.75) is 12.3 Å². The maximum atomic E-state index is 5.73. The SMILES string of the molecule is Cc1cc2c(cc1C1(C3CNC3)COC1)OCCO2. The predicted molar refractivity (Wildman–Crippen MR) is 71.0 cm³/mol. The minimum atomic E-state index is 0.186. The molecule has 1 aromatic rings. The van der Waals surface area contributed by atoms with E-state index in [9.17, 15) is 0 Å². The third-order valence-corrected chi connectivity index (χ3v) is 4.71. The van der Waals surface area contributed by atoms with Gasteiger partial charge in [0.05, 0.1) is 13.2 Å². The molecule has 4 heteroatoms. The van der Waals surface area contributed by atoms with Gasteiger partial charge in [-0.1, -0.05) is 0 Å². The molecular formula is C15H19NO3. The van der Waals surface area contributed by atoms with Crippen LogP contribution in [0, 0.1) is 12.8 Å². The van der Waals surface area contributed by atoms with Crippen LogP contribution in [-0.2, 0) is 10.2 Å². The number of hydrogen-bond donors (Lipinski definition) is 1. The van der Waals surface area contributed by atoms with Crippen LogP contribution in [0.4, 0.5) is 0 Å². The molecule has 0 aromatic heterocycles. The molecule has 0 aliphatic carbocycles. The van der Waals surface area contributed by atoms with Crippen molar-refractivity contribution >= 4 is 0 Å². The highest BCUT2D eigenvalue weighted by atomic mass is 16.6. The number of rotatable bonds is 2. The second-order valence-corrected chi connectivity index (χ2v) is 5.81. The molecule has 102 valence electrons. The number of hydrogen-bond acceptors (Lipinski definition) is 4. The fourth-order valence-electron chi connectivity index (χ4n) is 3.34. The lowest BCUT2D eigenvalue weighted by atomic mass is 9.65. The molecule has 0 unspecified atom stereocenters. The Morgan fingerprint density at radius 1 is 1.11 bits per heavy atom. The van der Waals surface area contributed by atoms with Gasteiger partial charge in [0.1, 0.15) is 13.2 Å². The first-order chi connectivity index (χ1) is 9.29. The molecule has 0 spiro atoms. The van der Waals surface area contributed by atoms with E-state index in [1.807, 2.05) is 0 Å². The molecule has 0 saturated carbocycles. The lowest BCUT2D eigenvalue weighted by molar-refractivity contribution is -0.101. The van der Waals surface area contributed by atoms with Crippen LogP contribution in [0.2, 0.25) is 0 Å². The predicted octanol–water partition coefficient (Wildman–Crippen LogP) is 1.25. The molecule has 0 atom stereocenters. The summed E-state index contributed by atoms with van der Waals surface area (Å²) in [5.74, 6) is 2.46. The lowest BCUT2D eigenvalue weighted by Gasteiger charge is -2.52. The fourth-order valence-corrected chi connectivity index (χ4v) is 3.34. The van der Waals surface area contributed by atoms with Crippen LogP contribution in [0.25, 0.3) is 0 Å². The summed E-state index contributed by atoms with van der Waals surface area (Å²) in [6, 6.07) is 4.31. The molecule has 0 bridgehead atoms. The van der Waals surface area contributed by atoms with Crippen molar-refractivity contribution in [2.75, 3.05) is 39.5 Å². The minimum Gasteiger partial charge on any atom is -0.486 e. The van der Waals surface area contributed by atoms with Crippen molar-refractivity contribution in [3.05, 3.63) is 23.3 Å². The van der Waals surface area contributed by atoms with Gasteiger partial charge in [0.15, 0.2) is 11.5 Å². The first-order valence-corrected chi connectivity index (χ1v) is 6.99. The maximum absolute atomic E-state index is 5.73. The van der Waals surface area contributed by atoms with Crippen molar-refractivity contribution < 1.29 is 14.2 Å². The summed E-state index contributed by atoms with van der Waals surface area (Å²) < 4.78 is 16.9. The smallest absolute Gasteiger partial charge is 0.161 e. The van der Waals surface area contributed by atoms with Crippen molar-refractivity contribution in [3.8, 4) is 11.5 Å². The van der Waals surface area contributed by atoms with Crippen LogP contribution in [0.3, 0.4) is 0 Å². The summed E-state index contributed by atoms with van der Waals surface area (Å²) in [6.07, 6.45) is 0. The molecule has 2 fully saturated rings. The highest BCUT2D eigenvalue weighted by molar-refractivity contribution is 5.51. The van der Waals surface area contributed by atoms with Crippen molar-refractivity contribution in [2.24, 2.45) is 5.92 Å². The van der Waals surface area contributed by atoms with E-state index in [-0.39, 0.29) is 5.41 Å². The third kappa shape index (κ3) is 1.60. The van der Waals surface area contributed by atoms with Crippen molar-refractivity contribution in [3.63, 3.8) is 0 Å². The fraction of sp³-hybridized carbons (Fsp3) is 0.600. The van der Waals surface area contributed by atoms with Gasteiger partial charge in [0, 0.05) is 18.5 Å². The largest absolute Gasteiger partial charge is 0.486 e. The molecule has 3 aliphatic heterocycles. The topological polar surface area (TPSA) is 39.7 Å². The highest BCUT2D eigenvalue weighted by Crippen LogP contribution is 2.46. The molecule has 0 amide bonds. The average molecular weight is 261 g/mol. The Kier molecular flexibility index (Phi) is 2.50. The van der Waals surface area contributed by atoms with Gasteiger partial charge in [-0.3, -0.25) is 0 Å². The Balaban J connectivity index is 1.77. The van der Waals surface area contributed by atoms with E-state index in [1.54, 1.807) is 0 Å². The van der Waals surface area contributed by atoms with E-state index < -0.39 is 0 Å². The van der Waals surface area contributed by atoms with Crippen LogP contribution in [0.1, 0.15) is 11.1 Å². The van der Waals surface area contributed by atoms with E-state index in [0.717, 1.165) is 37.8 Å². The molecule has 1 N–H and O–H groups in total. The summed E-state index contributed by atoms with van der Waals surface area (Å²) in [6.45, 7) is 7.31. The quantitative estimate of drug-likeness (QED) is 0.870. The Hall–Kier alpha value is -1.26. The van der Waals surface area contributed by atoms with E-state index in [4.69, 9.17) is 14.2 Å². The van der Waals surface area contributed by atoms with Gasteiger partial charge in [-0.05, 0) is 36.1 Å². The first kappa shape index (κ1) is 11.6. The molecule has 3 heterocycles. The molecular weight excluding hydrogens is 242 g/mol. The minimum absolute atomic E-state index is 0.186. The summed E-state index contributed by atoms with van der Waals surface area (Å²) in [7, 11) is 0. The summed E-state index contributed by atoms with van der Waals surface area (Å²) in [5, 5.41) is 3.38. The molecule has 2 saturated heterocycles. The second-order valence-electron chi connectivity index (χ2n) is 5.81. The van der Waals surface area contributed by atoms with E-state index in [2.05, 4.69) is 24.4 Å². The van der Waals surface area contributed by atoms with Crippen molar-refractivity contribution in [1.82, 2.24) is 5.32 Å². The van der Waals surface area contributed by atoms with Crippen LogP contribution in [0.15, 0.2) is 12.1 Å². The highest BCUT2D eigenvalue weighted by Gasteiger charge is 2.50. The third-order valence-electron chi connectivity index (χ3n) is 4.71. The summed E-state index contributed by atoms with van der Waals surface area (Å²) in [5.41, 5.74) is 2.86. The second kappa shape index (κ2) is 4.12. The molecule has 19 heavy (non-hydrogen) atoms.